The third kappa shape index (κ3) is 3.58. The molecular formula is C16H17ClN2O. The molecular weight excluding hydrogens is 272 g/mol. The second-order valence-corrected chi connectivity index (χ2v) is 6.01. The number of aromatic nitrogens is 1. The second kappa shape index (κ2) is 5.63. The van der Waals surface area contributed by atoms with E-state index in [9.17, 15) is 4.79 Å². The average molecular weight is 289 g/mol. The molecule has 1 aromatic heterocycles. The van der Waals surface area contributed by atoms with E-state index in [0.29, 0.717) is 16.5 Å². The van der Waals surface area contributed by atoms with Gasteiger partial charge in [0.15, 0.2) is 0 Å². The Balaban J connectivity index is 2.14. The van der Waals surface area contributed by atoms with E-state index in [-0.39, 0.29) is 11.3 Å². The summed E-state index contributed by atoms with van der Waals surface area (Å²) >= 11 is 5.78. The Morgan fingerprint density at radius 3 is 2.30 bits per heavy atom. The summed E-state index contributed by atoms with van der Waals surface area (Å²) in [6.07, 6.45) is 0. The molecule has 20 heavy (non-hydrogen) atoms. The van der Waals surface area contributed by atoms with Crippen LogP contribution in [0.5, 0.6) is 0 Å². The normalized spacial score (nSPS) is 11.2. The van der Waals surface area contributed by atoms with Gasteiger partial charge in [-0.1, -0.05) is 50.6 Å². The number of nitrogens with one attached hydrogen (secondary N) is 1. The largest absolute Gasteiger partial charge is 0.307 e. The van der Waals surface area contributed by atoms with Gasteiger partial charge in [-0.2, -0.15) is 0 Å². The predicted octanol–water partition coefficient (Wildman–Crippen LogP) is 4.28. The Bertz CT molecular complexity index is 615. The molecule has 0 unspecified atom stereocenters. The Morgan fingerprint density at radius 1 is 1.10 bits per heavy atom. The molecule has 0 aliphatic heterocycles. The first-order valence-electron chi connectivity index (χ1n) is 6.41. The van der Waals surface area contributed by atoms with Crippen molar-refractivity contribution in [3.63, 3.8) is 0 Å². The van der Waals surface area contributed by atoms with Crippen molar-refractivity contribution in [2.45, 2.75) is 26.2 Å². The zero-order valence-electron chi connectivity index (χ0n) is 11.8. The number of halogens is 1. The van der Waals surface area contributed by atoms with E-state index in [1.165, 1.54) is 5.56 Å². The molecule has 0 aliphatic carbocycles. The molecule has 1 heterocycles. The second-order valence-electron chi connectivity index (χ2n) is 5.63. The summed E-state index contributed by atoms with van der Waals surface area (Å²) in [5.74, 6) is 0.252. The van der Waals surface area contributed by atoms with E-state index in [1.54, 1.807) is 18.2 Å². The van der Waals surface area contributed by atoms with Gasteiger partial charge in [-0.05, 0) is 35.2 Å². The highest BCUT2D eigenvalue weighted by Crippen LogP contribution is 2.22. The van der Waals surface area contributed by atoms with Gasteiger partial charge in [0, 0.05) is 5.56 Å². The smallest absolute Gasteiger partial charge is 0.256 e. The van der Waals surface area contributed by atoms with Crippen molar-refractivity contribution in [1.82, 2.24) is 4.98 Å². The lowest BCUT2D eigenvalue weighted by Crippen LogP contribution is -2.14. The average Bonchev–Trinajstić information content (AvgIpc) is 2.38. The van der Waals surface area contributed by atoms with Gasteiger partial charge in [-0.25, -0.2) is 4.98 Å². The summed E-state index contributed by atoms with van der Waals surface area (Å²) in [4.78, 5) is 16.1. The molecule has 1 amide bonds. The third-order valence-electron chi connectivity index (χ3n) is 2.97. The fourth-order valence-electron chi connectivity index (χ4n) is 1.79. The molecule has 0 radical (unpaired) electrons. The van der Waals surface area contributed by atoms with Crippen molar-refractivity contribution in [2.75, 3.05) is 5.32 Å². The molecule has 0 saturated carbocycles. The van der Waals surface area contributed by atoms with Gasteiger partial charge in [0.2, 0.25) is 0 Å². The van der Waals surface area contributed by atoms with Crippen molar-refractivity contribution >= 4 is 23.3 Å². The number of nitrogens with zero attached hydrogens (tertiary/aromatic N) is 1. The van der Waals surface area contributed by atoms with Crippen LogP contribution < -0.4 is 5.32 Å². The number of benzene rings is 1. The molecule has 0 atom stereocenters. The fourth-order valence-corrected chi connectivity index (χ4v) is 1.95. The van der Waals surface area contributed by atoms with Gasteiger partial charge in [0.1, 0.15) is 11.0 Å². The summed E-state index contributed by atoms with van der Waals surface area (Å²) in [5, 5.41) is 3.08. The standard InChI is InChI=1S/C16H17ClN2O/c1-16(2,3)12-9-7-11(8-10-12)15(20)19-14-6-4-5-13(17)18-14/h4-10H,1-3H3,(H,18,19,20). The monoisotopic (exact) mass is 288 g/mol. The van der Waals surface area contributed by atoms with Crippen molar-refractivity contribution < 1.29 is 4.79 Å². The summed E-state index contributed by atoms with van der Waals surface area (Å²) in [6, 6.07) is 12.7. The van der Waals surface area contributed by atoms with Crippen LogP contribution in [0.4, 0.5) is 5.82 Å². The van der Waals surface area contributed by atoms with Gasteiger partial charge in [0.05, 0.1) is 0 Å². The van der Waals surface area contributed by atoms with Crippen LogP contribution >= 0.6 is 11.6 Å². The van der Waals surface area contributed by atoms with E-state index in [0.717, 1.165) is 0 Å². The van der Waals surface area contributed by atoms with Crippen LogP contribution in [0.25, 0.3) is 0 Å². The van der Waals surface area contributed by atoms with Crippen molar-refractivity contribution in [1.29, 1.82) is 0 Å². The SMILES string of the molecule is CC(C)(C)c1ccc(C(=O)Nc2cccc(Cl)n2)cc1. The molecule has 4 heteroatoms. The number of pyridine rings is 1. The first-order chi connectivity index (χ1) is 9.36. The fraction of sp³-hybridized carbons (Fsp3) is 0.250. The van der Waals surface area contributed by atoms with Gasteiger partial charge >= 0.3 is 0 Å². The highest BCUT2D eigenvalue weighted by Gasteiger charge is 2.14. The number of anilines is 1. The quantitative estimate of drug-likeness (QED) is 0.838. The molecule has 0 spiro atoms. The van der Waals surface area contributed by atoms with E-state index in [4.69, 9.17) is 11.6 Å². The van der Waals surface area contributed by atoms with Crippen molar-refractivity contribution in [3.05, 3.63) is 58.7 Å². The van der Waals surface area contributed by atoms with Crippen LogP contribution in [-0.4, -0.2) is 10.9 Å². The lowest BCUT2D eigenvalue weighted by atomic mass is 9.87. The summed E-state index contributed by atoms with van der Waals surface area (Å²) in [5.41, 5.74) is 1.86. The van der Waals surface area contributed by atoms with Crippen LogP contribution in [0.3, 0.4) is 0 Å². The van der Waals surface area contributed by atoms with Crippen LogP contribution in [0.15, 0.2) is 42.5 Å². The van der Waals surface area contributed by atoms with Crippen LogP contribution in [-0.2, 0) is 5.41 Å². The Morgan fingerprint density at radius 2 is 1.75 bits per heavy atom. The first-order valence-corrected chi connectivity index (χ1v) is 6.78. The number of carbonyl (C=O) groups excluding carboxylic acids is 1. The maximum absolute atomic E-state index is 12.1. The van der Waals surface area contributed by atoms with Crippen molar-refractivity contribution in [3.8, 4) is 0 Å². The molecule has 104 valence electrons. The maximum Gasteiger partial charge on any atom is 0.256 e. The first kappa shape index (κ1) is 14.5. The third-order valence-corrected chi connectivity index (χ3v) is 3.18. The maximum atomic E-state index is 12.1. The molecule has 0 fully saturated rings. The minimum Gasteiger partial charge on any atom is -0.307 e. The predicted molar refractivity (Wildman–Crippen MR) is 82.3 cm³/mol. The van der Waals surface area contributed by atoms with E-state index >= 15 is 0 Å². The lowest BCUT2D eigenvalue weighted by Gasteiger charge is -2.19. The van der Waals surface area contributed by atoms with Gasteiger partial charge in [0.25, 0.3) is 5.91 Å². The molecule has 0 aliphatic rings. The zero-order valence-corrected chi connectivity index (χ0v) is 12.5. The molecule has 0 saturated heterocycles. The minimum atomic E-state index is -0.194. The van der Waals surface area contributed by atoms with E-state index in [1.807, 2.05) is 24.3 Å². The van der Waals surface area contributed by atoms with Gasteiger partial charge in [-0.15, -0.1) is 0 Å². The van der Waals surface area contributed by atoms with E-state index < -0.39 is 0 Å². The number of amides is 1. The van der Waals surface area contributed by atoms with Crippen LogP contribution in [0.1, 0.15) is 36.7 Å². The summed E-state index contributed by atoms with van der Waals surface area (Å²) in [7, 11) is 0. The minimum absolute atomic E-state index is 0.0729. The molecule has 3 nitrogen and oxygen atoms in total. The molecule has 0 bridgehead atoms. The Labute approximate surface area is 124 Å². The van der Waals surface area contributed by atoms with E-state index in [2.05, 4.69) is 31.1 Å². The van der Waals surface area contributed by atoms with Gasteiger partial charge in [-0.3, -0.25) is 4.79 Å². The Kier molecular flexibility index (Phi) is 4.09. The number of rotatable bonds is 2. The summed E-state index contributed by atoms with van der Waals surface area (Å²) < 4.78 is 0. The number of carbonyl (C=O) groups is 1. The Hall–Kier alpha value is -1.87. The molecule has 1 N–H and O–H groups in total. The number of hydrogen-bond donors (Lipinski definition) is 1. The highest BCUT2D eigenvalue weighted by molar-refractivity contribution is 6.29. The van der Waals surface area contributed by atoms with Crippen LogP contribution in [0, 0.1) is 0 Å². The molecule has 2 rings (SSSR count). The lowest BCUT2D eigenvalue weighted by molar-refractivity contribution is 0.102. The molecule has 2 aromatic rings. The summed E-state index contributed by atoms with van der Waals surface area (Å²) in [6.45, 7) is 6.41. The van der Waals surface area contributed by atoms with Crippen molar-refractivity contribution in [2.24, 2.45) is 0 Å². The number of hydrogen-bond acceptors (Lipinski definition) is 2. The van der Waals surface area contributed by atoms with Gasteiger partial charge < -0.3 is 5.32 Å². The highest BCUT2D eigenvalue weighted by atomic mass is 35.5. The topological polar surface area (TPSA) is 42.0 Å². The van der Waals surface area contributed by atoms with Crippen LogP contribution in [0.2, 0.25) is 5.15 Å². The molecule has 1 aromatic carbocycles. The zero-order chi connectivity index (χ0) is 14.8.